The summed E-state index contributed by atoms with van der Waals surface area (Å²) in [7, 11) is 0. The fourth-order valence-electron chi connectivity index (χ4n) is 4.77. The molecule has 0 spiro atoms. The van der Waals surface area contributed by atoms with Crippen molar-refractivity contribution in [2.75, 3.05) is 13.2 Å². The van der Waals surface area contributed by atoms with Gasteiger partial charge in [0.25, 0.3) is 11.7 Å². The van der Waals surface area contributed by atoms with Crippen molar-refractivity contribution in [1.29, 1.82) is 0 Å². The average molecular weight is 517 g/mol. The number of phenols is 1. The van der Waals surface area contributed by atoms with E-state index in [1.165, 1.54) is 17.0 Å². The number of aromatic nitrogens is 1. The van der Waals surface area contributed by atoms with E-state index in [-0.39, 0.29) is 23.6 Å². The Balaban J connectivity index is 1.57. The lowest BCUT2D eigenvalue weighted by Crippen LogP contribution is -2.31. The van der Waals surface area contributed by atoms with Crippen LogP contribution in [0.15, 0.2) is 78.5 Å². The van der Waals surface area contributed by atoms with E-state index in [1.807, 2.05) is 37.4 Å². The van der Waals surface area contributed by atoms with E-state index in [4.69, 9.17) is 16.3 Å². The van der Waals surface area contributed by atoms with Gasteiger partial charge in [-0.3, -0.25) is 9.59 Å². The highest BCUT2D eigenvalue weighted by atomic mass is 35.5. The van der Waals surface area contributed by atoms with E-state index in [1.54, 1.807) is 30.3 Å². The molecule has 0 saturated carbocycles. The molecule has 0 bridgehead atoms. The summed E-state index contributed by atoms with van der Waals surface area (Å²) in [6.45, 7) is 2.43. The SMILES string of the molecule is CCOc1cc(/C(O)=C2\C(=O)C(=O)N(CCc3c[nH]c4ccccc34)C2c2ccc(O)cc2)ccc1Cl. The van der Waals surface area contributed by atoms with Gasteiger partial charge in [-0.15, -0.1) is 0 Å². The quantitative estimate of drug-likeness (QED) is 0.169. The number of aliphatic hydroxyl groups excluding tert-OH is 1. The number of phenolic OH excluding ortho intramolecular Hbond substituents is 1. The molecule has 3 aromatic carbocycles. The maximum Gasteiger partial charge on any atom is 0.295 e. The number of amides is 1. The minimum absolute atomic E-state index is 0.0283. The zero-order valence-electron chi connectivity index (χ0n) is 20.1. The molecule has 4 aromatic rings. The number of ketones is 1. The fraction of sp³-hybridized carbons (Fsp3) is 0.172. The largest absolute Gasteiger partial charge is 0.508 e. The summed E-state index contributed by atoms with van der Waals surface area (Å²) in [6, 6.07) is 18.0. The Morgan fingerprint density at radius 1 is 1.08 bits per heavy atom. The molecule has 2 heterocycles. The van der Waals surface area contributed by atoms with Gasteiger partial charge in [-0.25, -0.2) is 0 Å². The Kier molecular flexibility index (Phi) is 6.63. The summed E-state index contributed by atoms with van der Waals surface area (Å²) in [4.78, 5) is 31.3. The van der Waals surface area contributed by atoms with E-state index in [9.17, 15) is 19.8 Å². The Morgan fingerprint density at radius 3 is 2.59 bits per heavy atom. The summed E-state index contributed by atoms with van der Waals surface area (Å²) in [5.41, 5.74) is 2.88. The van der Waals surface area contributed by atoms with Crippen molar-refractivity contribution >= 4 is 40.0 Å². The number of hydrogen-bond acceptors (Lipinski definition) is 5. The zero-order valence-corrected chi connectivity index (χ0v) is 20.8. The van der Waals surface area contributed by atoms with Crippen LogP contribution in [0.3, 0.4) is 0 Å². The van der Waals surface area contributed by atoms with E-state index in [2.05, 4.69) is 4.98 Å². The van der Waals surface area contributed by atoms with Gasteiger partial charge in [-0.05, 0) is 60.9 Å². The van der Waals surface area contributed by atoms with Crippen LogP contribution in [0.2, 0.25) is 5.02 Å². The molecule has 1 amide bonds. The number of benzene rings is 3. The van der Waals surface area contributed by atoms with Gasteiger partial charge in [0.1, 0.15) is 17.3 Å². The number of ether oxygens (including phenoxy) is 1. The number of rotatable bonds is 7. The van der Waals surface area contributed by atoms with E-state index in [0.29, 0.717) is 34.9 Å². The smallest absolute Gasteiger partial charge is 0.295 e. The van der Waals surface area contributed by atoms with Crippen molar-refractivity contribution in [2.45, 2.75) is 19.4 Å². The zero-order chi connectivity index (χ0) is 26.1. The molecule has 1 atom stereocenters. The van der Waals surface area contributed by atoms with Gasteiger partial charge in [0.15, 0.2) is 0 Å². The van der Waals surface area contributed by atoms with E-state index >= 15 is 0 Å². The molecule has 1 fully saturated rings. The number of halogens is 1. The standard InChI is InChI=1S/C29H25ClN2O5/c1-2-37-24-15-18(9-12-22(24)30)27(34)25-26(17-7-10-20(33)11-8-17)32(29(36)28(25)35)14-13-19-16-31-23-6-4-3-5-21(19)23/h3-12,15-16,26,31,33-34H,2,13-14H2,1H3/b27-25+. The number of nitrogens with zero attached hydrogens (tertiary/aromatic N) is 1. The molecule has 7 nitrogen and oxygen atoms in total. The van der Waals surface area contributed by atoms with Crippen molar-refractivity contribution in [1.82, 2.24) is 9.88 Å². The number of fused-ring (bicyclic) bond motifs is 1. The number of carbonyl (C=O) groups excluding carboxylic acids is 2. The number of aromatic amines is 1. The van der Waals surface area contributed by atoms with Gasteiger partial charge in [0.05, 0.1) is 23.2 Å². The predicted octanol–water partition coefficient (Wildman–Crippen LogP) is 5.59. The molecule has 1 unspecified atom stereocenters. The van der Waals surface area contributed by atoms with E-state index < -0.39 is 17.7 Å². The van der Waals surface area contributed by atoms with Gasteiger partial charge in [-0.1, -0.05) is 41.9 Å². The molecule has 188 valence electrons. The number of para-hydroxylation sites is 1. The van der Waals surface area contributed by atoms with Crippen LogP contribution in [0.5, 0.6) is 11.5 Å². The lowest BCUT2D eigenvalue weighted by molar-refractivity contribution is -0.139. The van der Waals surface area contributed by atoms with Crippen LogP contribution in [0, 0.1) is 0 Å². The molecule has 0 aliphatic carbocycles. The van der Waals surface area contributed by atoms with Crippen LogP contribution >= 0.6 is 11.6 Å². The Hall–Kier alpha value is -4.23. The second-order valence-electron chi connectivity index (χ2n) is 8.77. The van der Waals surface area contributed by atoms with Gasteiger partial charge in [0.2, 0.25) is 0 Å². The van der Waals surface area contributed by atoms with Crippen molar-refractivity contribution in [3.05, 3.63) is 100 Å². The van der Waals surface area contributed by atoms with Crippen LogP contribution in [-0.2, 0) is 16.0 Å². The second-order valence-corrected chi connectivity index (χ2v) is 9.18. The molecular weight excluding hydrogens is 492 g/mol. The van der Waals surface area contributed by atoms with Crippen LogP contribution in [-0.4, -0.2) is 44.9 Å². The van der Waals surface area contributed by atoms with Crippen molar-refractivity contribution in [3.63, 3.8) is 0 Å². The number of hydrogen-bond donors (Lipinski definition) is 3. The first-order chi connectivity index (χ1) is 17.9. The maximum atomic E-state index is 13.3. The van der Waals surface area contributed by atoms with Gasteiger partial charge in [0, 0.05) is 29.2 Å². The third kappa shape index (κ3) is 4.54. The van der Waals surface area contributed by atoms with Crippen LogP contribution < -0.4 is 4.74 Å². The molecule has 0 radical (unpaired) electrons. The molecule has 1 aliphatic heterocycles. The highest BCUT2D eigenvalue weighted by Gasteiger charge is 2.46. The lowest BCUT2D eigenvalue weighted by atomic mass is 9.95. The summed E-state index contributed by atoms with van der Waals surface area (Å²) in [6.07, 6.45) is 2.40. The first kappa shape index (κ1) is 24.5. The molecule has 1 aromatic heterocycles. The molecule has 37 heavy (non-hydrogen) atoms. The molecule has 1 saturated heterocycles. The molecule has 1 aliphatic rings. The van der Waals surface area contributed by atoms with Crippen molar-refractivity contribution in [3.8, 4) is 11.5 Å². The number of aliphatic hydroxyl groups is 1. The van der Waals surface area contributed by atoms with Crippen molar-refractivity contribution in [2.24, 2.45) is 0 Å². The predicted molar refractivity (Wildman–Crippen MR) is 142 cm³/mol. The first-order valence-electron chi connectivity index (χ1n) is 11.9. The topological polar surface area (TPSA) is 103 Å². The fourth-order valence-corrected chi connectivity index (χ4v) is 4.94. The monoisotopic (exact) mass is 516 g/mol. The molecule has 3 N–H and O–H groups in total. The summed E-state index contributed by atoms with van der Waals surface area (Å²) in [5.74, 6) is -1.37. The van der Waals surface area contributed by atoms with Crippen LogP contribution in [0.25, 0.3) is 16.7 Å². The molecule has 5 rings (SSSR count). The van der Waals surface area contributed by atoms with Gasteiger partial charge in [-0.2, -0.15) is 0 Å². The van der Waals surface area contributed by atoms with Gasteiger partial charge < -0.3 is 24.8 Å². The van der Waals surface area contributed by atoms with Crippen LogP contribution in [0.4, 0.5) is 0 Å². The minimum Gasteiger partial charge on any atom is -0.508 e. The average Bonchev–Trinajstić information content (AvgIpc) is 3.42. The van der Waals surface area contributed by atoms with Crippen molar-refractivity contribution < 1.29 is 24.5 Å². The lowest BCUT2D eigenvalue weighted by Gasteiger charge is -2.25. The number of aromatic hydroxyl groups is 1. The second kappa shape index (κ2) is 10.0. The number of carbonyl (C=O) groups is 2. The maximum absolute atomic E-state index is 13.3. The number of nitrogens with one attached hydrogen (secondary N) is 1. The first-order valence-corrected chi connectivity index (χ1v) is 12.3. The summed E-state index contributed by atoms with van der Waals surface area (Å²) in [5, 5.41) is 22.6. The molecular formula is C29H25ClN2O5. The van der Waals surface area contributed by atoms with Crippen LogP contribution in [0.1, 0.15) is 29.7 Å². The highest BCUT2D eigenvalue weighted by molar-refractivity contribution is 6.46. The Morgan fingerprint density at radius 2 is 1.84 bits per heavy atom. The Bertz CT molecular complexity index is 1520. The van der Waals surface area contributed by atoms with Gasteiger partial charge >= 0.3 is 0 Å². The summed E-state index contributed by atoms with van der Waals surface area (Å²) >= 11 is 6.21. The number of H-pyrrole nitrogens is 1. The number of likely N-dealkylation sites (tertiary alicyclic amines) is 1. The molecule has 8 heteroatoms. The minimum atomic E-state index is -0.836. The highest BCUT2D eigenvalue weighted by Crippen LogP contribution is 2.41. The van der Waals surface area contributed by atoms with E-state index in [0.717, 1.165) is 16.5 Å². The third-order valence-corrected chi connectivity index (χ3v) is 6.86. The summed E-state index contributed by atoms with van der Waals surface area (Å²) < 4.78 is 5.54. The Labute approximate surface area is 218 Å². The normalized spacial score (nSPS) is 17.0. The third-order valence-electron chi connectivity index (χ3n) is 6.55. The number of Topliss-reactive ketones (excluding diaryl/α,β-unsaturated/α-hetero) is 1.